The van der Waals surface area contributed by atoms with Gasteiger partial charge in [-0.25, -0.2) is 4.99 Å². The second-order valence-electron chi connectivity index (χ2n) is 6.27. The van der Waals surface area contributed by atoms with Crippen molar-refractivity contribution in [1.82, 2.24) is 5.32 Å². The number of nitrogens with zero attached hydrogens (tertiary/aromatic N) is 1. The van der Waals surface area contributed by atoms with Gasteiger partial charge in [-0.15, -0.1) is 0 Å². The zero-order chi connectivity index (χ0) is 19.5. The van der Waals surface area contributed by atoms with E-state index in [1.807, 2.05) is 42.5 Å². The van der Waals surface area contributed by atoms with Crippen LogP contribution in [-0.4, -0.2) is 22.2 Å². The summed E-state index contributed by atoms with van der Waals surface area (Å²) in [5.41, 5.74) is 1.43. The summed E-state index contributed by atoms with van der Waals surface area (Å²) in [7, 11) is 0. The van der Waals surface area contributed by atoms with Crippen LogP contribution in [0, 0.1) is 0 Å². The van der Waals surface area contributed by atoms with E-state index in [9.17, 15) is 9.59 Å². The molecular weight excluding hydrogens is 394 g/mol. The van der Waals surface area contributed by atoms with Gasteiger partial charge >= 0.3 is 0 Å². The number of nitrogens with one attached hydrogen (secondary N) is 2. The van der Waals surface area contributed by atoms with E-state index >= 15 is 0 Å². The number of benzene rings is 3. The number of carbonyl (C=O) groups excluding carboxylic acids is 2. The molecule has 2 N–H and O–H groups in total. The van der Waals surface area contributed by atoms with Crippen LogP contribution >= 0.6 is 23.4 Å². The maximum Gasteiger partial charge on any atom is 0.240 e. The number of halogens is 1. The first-order valence-electron chi connectivity index (χ1n) is 8.68. The summed E-state index contributed by atoms with van der Waals surface area (Å²) in [5, 5.41) is 8.24. The highest BCUT2D eigenvalue weighted by Crippen LogP contribution is 2.27. The molecule has 4 rings (SSSR count). The fourth-order valence-corrected chi connectivity index (χ4v) is 4.04. The average molecular weight is 410 g/mol. The summed E-state index contributed by atoms with van der Waals surface area (Å²) in [5.74, 6) is -0.428. The highest BCUT2D eigenvalue weighted by molar-refractivity contribution is 8.15. The number of carbonyl (C=O) groups is 2. The number of hydrogen-bond acceptors (Lipinski definition) is 4. The first kappa shape index (κ1) is 18.5. The molecule has 0 aliphatic carbocycles. The molecule has 3 aromatic carbocycles. The SMILES string of the molecule is O=C(C[C@H]1SC(=Nc2ccc(Cl)cc2)NC1=O)Nc1cccc2ccccc12. The summed E-state index contributed by atoms with van der Waals surface area (Å²) in [6.45, 7) is 0. The predicted molar refractivity (Wildman–Crippen MR) is 115 cm³/mol. The Morgan fingerprint density at radius 3 is 2.64 bits per heavy atom. The van der Waals surface area contributed by atoms with E-state index in [4.69, 9.17) is 11.6 Å². The number of rotatable bonds is 4. The first-order valence-corrected chi connectivity index (χ1v) is 9.94. The monoisotopic (exact) mass is 409 g/mol. The normalized spacial score (nSPS) is 17.7. The van der Waals surface area contributed by atoms with Crippen LogP contribution in [0.15, 0.2) is 71.7 Å². The van der Waals surface area contributed by atoms with Crippen molar-refractivity contribution in [2.45, 2.75) is 11.7 Å². The van der Waals surface area contributed by atoms with Crippen molar-refractivity contribution < 1.29 is 9.59 Å². The topological polar surface area (TPSA) is 70.6 Å². The van der Waals surface area contributed by atoms with Gasteiger partial charge in [0, 0.05) is 22.5 Å². The summed E-state index contributed by atoms with van der Waals surface area (Å²) >= 11 is 7.12. The Hall–Kier alpha value is -2.83. The molecule has 1 aliphatic heterocycles. The van der Waals surface area contributed by atoms with Gasteiger partial charge in [-0.2, -0.15) is 0 Å². The Bertz CT molecular complexity index is 1080. The maximum atomic E-state index is 12.5. The summed E-state index contributed by atoms with van der Waals surface area (Å²) in [4.78, 5) is 29.1. The van der Waals surface area contributed by atoms with Gasteiger partial charge in [0.2, 0.25) is 11.8 Å². The smallest absolute Gasteiger partial charge is 0.240 e. The minimum Gasteiger partial charge on any atom is -0.325 e. The average Bonchev–Trinajstić information content (AvgIpc) is 3.02. The van der Waals surface area contributed by atoms with Gasteiger partial charge in [0.25, 0.3) is 0 Å². The minimum atomic E-state index is -0.513. The lowest BCUT2D eigenvalue weighted by Gasteiger charge is -2.10. The van der Waals surface area contributed by atoms with Crippen molar-refractivity contribution in [3.8, 4) is 0 Å². The Labute approximate surface area is 171 Å². The third-order valence-electron chi connectivity index (χ3n) is 4.27. The highest BCUT2D eigenvalue weighted by atomic mass is 35.5. The molecule has 1 atom stereocenters. The largest absolute Gasteiger partial charge is 0.325 e. The molecule has 1 saturated heterocycles. The van der Waals surface area contributed by atoms with Crippen molar-refractivity contribution in [2.24, 2.45) is 4.99 Å². The van der Waals surface area contributed by atoms with Gasteiger partial charge in [0.15, 0.2) is 5.17 Å². The molecule has 2 amide bonds. The Morgan fingerprint density at radius 1 is 1.07 bits per heavy atom. The van der Waals surface area contributed by atoms with Gasteiger partial charge in [0.1, 0.15) is 5.25 Å². The first-order chi connectivity index (χ1) is 13.6. The molecule has 0 aromatic heterocycles. The molecule has 7 heteroatoms. The van der Waals surface area contributed by atoms with Crippen molar-refractivity contribution >= 4 is 62.5 Å². The number of aliphatic imine (C=N–C) groups is 1. The van der Waals surface area contributed by atoms with Crippen molar-refractivity contribution in [3.05, 3.63) is 71.8 Å². The molecule has 1 fully saturated rings. The van der Waals surface area contributed by atoms with Crippen LogP contribution in [0.1, 0.15) is 6.42 Å². The molecule has 0 radical (unpaired) electrons. The Kier molecular flexibility index (Phi) is 5.32. The minimum absolute atomic E-state index is 0.0688. The fourth-order valence-electron chi connectivity index (χ4n) is 2.93. The molecule has 0 unspecified atom stereocenters. The van der Waals surface area contributed by atoms with E-state index < -0.39 is 5.25 Å². The number of hydrogen-bond donors (Lipinski definition) is 2. The van der Waals surface area contributed by atoms with E-state index in [0.29, 0.717) is 15.9 Å². The third-order valence-corrected chi connectivity index (χ3v) is 5.60. The highest BCUT2D eigenvalue weighted by Gasteiger charge is 2.32. The molecule has 1 heterocycles. The van der Waals surface area contributed by atoms with Gasteiger partial charge in [0.05, 0.1) is 5.69 Å². The molecule has 3 aromatic rings. The maximum absolute atomic E-state index is 12.5. The van der Waals surface area contributed by atoms with Crippen LogP contribution in [-0.2, 0) is 9.59 Å². The second-order valence-corrected chi connectivity index (χ2v) is 7.90. The van der Waals surface area contributed by atoms with E-state index in [-0.39, 0.29) is 18.2 Å². The van der Waals surface area contributed by atoms with Crippen LogP contribution in [0.25, 0.3) is 10.8 Å². The summed E-state index contributed by atoms with van der Waals surface area (Å²) < 4.78 is 0. The number of amides is 2. The molecule has 1 aliphatic rings. The van der Waals surface area contributed by atoms with Gasteiger partial charge in [-0.1, -0.05) is 59.8 Å². The molecule has 140 valence electrons. The summed E-state index contributed by atoms with van der Waals surface area (Å²) in [6.07, 6.45) is 0.0688. The fraction of sp³-hybridized carbons (Fsp3) is 0.0952. The second kappa shape index (κ2) is 8.04. The standard InChI is InChI=1S/C21H16ClN3O2S/c22-14-8-10-15(11-9-14)23-21-25-20(27)18(28-21)12-19(26)24-17-7-3-5-13-4-1-2-6-16(13)17/h1-11,18H,12H2,(H,24,26)(H,23,25,27)/t18-/m1/s1. The van der Waals surface area contributed by atoms with Crippen LogP contribution in [0.5, 0.6) is 0 Å². The molecule has 5 nitrogen and oxygen atoms in total. The van der Waals surface area contributed by atoms with Crippen LogP contribution in [0.3, 0.4) is 0 Å². The Morgan fingerprint density at radius 2 is 1.82 bits per heavy atom. The Balaban J connectivity index is 1.43. The lowest BCUT2D eigenvalue weighted by Crippen LogP contribution is -2.28. The van der Waals surface area contributed by atoms with Crippen molar-refractivity contribution in [3.63, 3.8) is 0 Å². The van der Waals surface area contributed by atoms with E-state index in [2.05, 4.69) is 15.6 Å². The van der Waals surface area contributed by atoms with Crippen LogP contribution in [0.2, 0.25) is 5.02 Å². The number of anilines is 1. The third kappa shape index (κ3) is 4.18. The van der Waals surface area contributed by atoms with Gasteiger partial charge < -0.3 is 10.6 Å². The zero-order valence-corrected chi connectivity index (χ0v) is 16.3. The molecule has 28 heavy (non-hydrogen) atoms. The van der Waals surface area contributed by atoms with E-state index in [1.165, 1.54) is 11.8 Å². The molecule has 0 saturated carbocycles. The van der Waals surface area contributed by atoms with Gasteiger partial charge in [-0.05, 0) is 35.7 Å². The lowest BCUT2D eigenvalue weighted by molar-refractivity contribution is -0.122. The van der Waals surface area contributed by atoms with Gasteiger partial charge in [-0.3, -0.25) is 9.59 Å². The van der Waals surface area contributed by atoms with E-state index in [1.54, 1.807) is 24.3 Å². The zero-order valence-electron chi connectivity index (χ0n) is 14.7. The predicted octanol–water partition coefficient (Wildman–Crippen LogP) is 4.74. The van der Waals surface area contributed by atoms with Crippen molar-refractivity contribution in [1.29, 1.82) is 0 Å². The number of fused-ring (bicyclic) bond motifs is 1. The van der Waals surface area contributed by atoms with Crippen molar-refractivity contribution in [2.75, 3.05) is 5.32 Å². The molecule has 0 bridgehead atoms. The van der Waals surface area contributed by atoms with E-state index in [0.717, 1.165) is 16.5 Å². The summed E-state index contributed by atoms with van der Waals surface area (Å²) in [6, 6.07) is 20.6. The molecule has 0 spiro atoms. The quantitative estimate of drug-likeness (QED) is 0.653. The number of thioether (sulfide) groups is 1. The van der Waals surface area contributed by atoms with Crippen LogP contribution < -0.4 is 10.6 Å². The number of amidine groups is 1. The molecular formula is C21H16ClN3O2S. The van der Waals surface area contributed by atoms with Crippen LogP contribution in [0.4, 0.5) is 11.4 Å². The lowest BCUT2D eigenvalue weighted by atomic mass is 10.1.